The Bertz CT molecular complexity index is 158. The minimum Gasteiger partial charge on any atom is -0.379 e. The van der Waals surface area contributed by atoms with Crippen LogP contribution in [-0.4, -0.2) is 45.3 Å². The van der Waals surface area contributed by atoms with E-state index in [1.165, 1.54) is 0 Å². The second kappa shape index (κ2) is 8.93. The Morgan fingerprint density at radius 2 is 2.25 bits per heavy atom. The van der Waals surface area contributed by atoms with Crippen molar-refractivity contribution in [2.45, 2.75) is 45.3 Å². The third-order valence-corrected chi connectivity index (χ3v) is 2.54. The van der Waals surface area contributed by atoms with E-state index in [0.717, 1.165) is 45.6 Å². The van der Waals surface area contributed by atoms with E-state index in [1.807, 2.05) is 0 Å². The summed E-state index contributed by atoms with van der Waals surface area (Å²) in [6.07, 6.45) is 3.98. The molecule has 1 saturated heterocycles. The first-order valence-electron chi connectivity index (χ1n) is 6.30. The summed E-state index contributed by atoms with van der Waals surface area (Å²) in [5, 5.41) is 3.41. The zero-order valence-electron chi connectivity index (χ0n) is 10.5. The van der Waals surface area contributed by atoms with E-state index < -0.39 is 0 Å². The van der Waals surface area contributed by atoms with Crippen LogP contribution in [0.15, 0.2) is 0 Å². The second-order valence-corrected chi connectivity index (χ2v) is 4.43. The summed E-state index contributed by atoms with van der Waals surface area (Å²) in [5.41, 5.74) is 0. The zero-order chi connectivity index (χ0) is 11.6. The highest BCUT2D eigenvalue weighted by atomic mass is 16.7. The molecule has 0 aliphatic carbocycles. The van der Waals surface area contributed by atoms with Crippen LogP contribution in [-0.2, 0) is 14.2 Å². The van der Waals surface area contributed by atoms with Gasteiger partial charge in [-0.15, -0.1) is 0 Å². The Hall–Kier alpha value is -0.160. The minimum absolute atomic E-state index is 0.334. The van der Waals surface area contributed by atoms with Crippen molar-refractivity contribution >= 4 is 0 Å². The largest absolute Gasteiger partial charge is 0.379 e. The fourth-order valence-electron chi connectivity index (χ4n) is 1.60. The number of ether oxygens (including phenoxy) is 3. The Balaban J connectivity index is 1.80. The Morgan fingerprint density at radius 3 is 2.94 bits per heavy atom. The van der Waals surface area contributed by atoms with E-state index in [-0.39, 0.29) is 0 Å². The lowest BCUT2D eigenvalue weighted by molar-refractivity contribution is -0.137. The second-order valence-electron chi connectivity index (χ2n) is 4.43. The molecule has 4 nitrogen and oxygen atoms in total. The van der Waals surface area contributed by atoms with Gasteiger partial charge in [0.25, 0.3) is 0 Å². The lowest BCUT2D eigenvalue weighted by Gasteiger charge is -2.22. The van der Waals surface area contributed by atoms with Crippen molar-refractivity contribution in [3.05, 3.63) is 0 Å². The number of hydrogen-bond donors (Lipinski definition) is 1. The summed E-state index contributed by atoms with van der Waals surface area (Å²) in [7, 11) is 0. The van der Waals surface area contributed by atoms with Gasteiger partial charge in [-0.1, -0.05) is 0 Å². The molecule has 4 heteroatoms. The average molecular weight is 231 g/mol. The summed E-state index contributed by atoms with van der Waals surface area (Å²) < 4.78 is 16.0. The molecule has 0 bridgehead atoms. The van der Waals surface area contributed by atoms with Crippen LogP contribution in [0.25, 0.3) is 0 Å². The number of rotatable bonds is 8. The normalized spacial score (nSPS) is 21.6. The number of hydrogen-bond acceptors (Lipinski definition) is 4. The zero-order valence-corrected chi connectivity index (χ0v) is 10.5. The van der Waals surface area contributed by atoms with Crippen molar-refractivity contribution in [1.29, 1.82) is 0 Å². The first-order chi connectivity index (χ1) is 7.79. The Labute approximate surface area is 98.6 Å². The van der Waals surface area contributed by atoms with Crippen molar-refractivity contribution in [2.75, 3.05) is 33.1 Å². The van der Waals surface area contributed by atoms with Crippen molar-refractivity contribution in [3.63, 3.8) is 0 Å². The van der Waals surface area contributed by atoms with E-state index in [9.17, 15) is 0 Å². The van der Waals surface area contributed by atoms with Gasteiger partial charge in [-0.2, -0.15) is 0 Å². The molecule has 0 saturated carbocycles. The van der Waals surface area contributed by atoms with Gasteiger partial charge in [0, 0.05) is 13.2 Å². The third-order valence-electron chi connectivity index (χ3n) is 2.54. The van der Waals surface area contributed by atoms with Gasteiger partial charge in [-0.25, -0.2) is 0 Å². The lowest BCUT2D eigenvalue weighted by Crippen LogP contribution is -2.34. The van der Waals surface area contributed by atoms with Gasteiger partial charge in [-0.05, 0) is 39.7 Å². The standard InChI is InChI=1S/C12H25NO3/c1-11(2)15-7-4-3-6-13-9-12-5-8-14-10-16-12/h11-13H,3-10H2,1-2H3. The predicted molar refractivity (Wildman–Crippen MR) is 63.5 cm³/mol. The number of unbranched alkanes of at least 4 members (excludes halogenated alkanes) is 1. The van der Waals surface area contributed by atoms with E-state index in [4.69, 9.17) is 14.2 Å². The molecule has 96 valence electrons. The fourth-order valence-corrected chi connectivity index (χ4v) is 1.60. The topological polar surface area (TPSA) is 39.7 Å². The van der Waals surface area contributed by atoms with Crippen molar-refractivity contribution in [1.82, 2.24) is 5.32 Å². The molecule has 0 spiro atoms. The molecule has 1 unspecified atom stereocenters. The molecule has 1 atom stereocenters. The molecular formula is C12H25NO3. The maximum atomic E-state index is 5.47. The van der Waals surface area contributed by atoms with Gasteiger partial charge in [0.2, 0.25) is 0 Å². The molecule has 0 aromatic heterocycles. The molecule has 0 aromatic carbocycles. The summed E-state index contributed by atoms with van der Waals surface area (Å²) >= 11 is 0. The highest BCUT2D eigenvalue weighted by Crippen LogP contribution is 2.04. The van der Waals surface area contributed by atoms with E-state index in [2.05, 4.69) is 19.2 Å². The number of nitrogens with one attached hydrogen (secondary N) is 1. The first kappa shape index (κ1) is 13.9. The van der Waals surface area contributed by atoms with Gasteiger partial charge < -0.3 is 19.5 Å². The lowest BCUT2D eigenvalue weighted by atomic mass is 10.2. The third kappa shape index (κ3) is 7.17. The maximum Gasteiger partial charge on any atom is 0.147 e. The molecule has 1 aliphatic heterocycles. The molecule has 1 rings (SSSR count). The van der Waals surface area contributed by atoms with Crippen molar-refractivity contribution in [2.24, 2.45) is 0 Å². The fraction of sp³-hybridized carbons (Fsp3) is 1.00. The molecule has 1 N–H and O–H groups in total. The van der Waals surface area contributed by atoms with Gasteiger partial charge in [0.1, 0.15) is 6.79 Å². The van der Waals surface area contributed by atoms with Gasteiger partial charge in [-0.3, -0.25) is 0 Å². The quantitative estimate of drug-likeness (QED) is 0.643. The van der Waals surface area contributed by atoms with Crippen LogP contribution >= 0.6 is 0 Å². The van der Waals surface area contributed by atoms with E-state index in [0.29, 0.717) is 19.0 Å². The van der Waals surface area contributed by atoms with Crippen LogP contribution in [0.1, 0.15) is 33.1 Å². The first-order valence-corrected chi connectivity index (χ1v) is 6.30. The van der Waals surface area contributed by atoms with E-state index in [1.54, 1.807) is 0 Å². The van der Waals surface area contributed by atoms with Gasteiger partial charge >= 0.3 is 0 Å². The molecule has 0 amide bonds. The monoisotopic (exact) mass is 231 g/mol. The van der Waals surface area contributed by atoms with Crippen molar-refractivity contribution in [3.8, 4) is 0 Å². The molecule has 1 aliphatic rings. The Morgan fingerprint density at radius 1 is 1.38 bits per heavy atom. The molecule has 1 heterocycles. The Kier molecular flexibility index (Phi) is 7.76. The molecular weight excluding hydrogens is 206 g/mol. The van der Waals surface area contributed by atoms with Crippen LogP contribution in [0, 0.1) is 0 Å². The summed E-state index contributed by atoms with van der Waals surface area (Å²) in [5.74, 6) is 0. The van der Waals surface area contributed by atoms with Gasteiger partial charge in [0.05, 0.1) is 18.8 Å². The SMILES string of the molecule is CC(C)OCCCCNCC1CCOCO1. The molecule has 0 radical (unpaired) electrons. The van der Waals surface area contributed by atoms with Gasteiger partial charge in [0.15, 0.2) is 0 Å². The van der Waals surface area contributed by atoms with Crippen LogP contribution < -0.4 is 5.32 Å². The van der Waals surface area contributed by atoms with Crippen LogP contribution in [0.5, 0.6) is 0 Å². The van der Waals surface area contributed by atoms with Crippen LogP contribution in [0.3, 0.4) is 0 Å². The van der Waals surface area contributed by atoms with Crippen LogP contribution in [0.2, 0.25) is 0 Å². The summed E-state index contributed by atoms with van der Waals surface area (Å²) in [6.45, 7) is 8.27. The summed E-state index contributed by atoms with van der Waals surface area (Å²) in [4.78, 5) is 0. The summed E-state index contributed by atoms with van der Waals surface area (Å²) in [6, 6.07) is 0. The minimum atomic E-state index is 0.334. The average Bonchev–Trinajstić information content (AvgIpc) is 2.29. The highest BCUT2D eigenvalue weighted by Gasteiger charge is 2.12. The smallest absolute Gasteiger partial charge is 0.147 e. The molecule has 16 heavy (non-hydrogen) atoms. The highest BCUT2D eigenvalue weighted by molar-refractivity contribution is 4.63. The van der Waals surface area contributed by atoms with Crippen molar-refractivity contribution < 1.29 is 14.2 Å². The predicted octanol–water partition coefficient (Wildman–Crippen LogP) is 1.54. The molecule has 0 aromatic rings. The molecule has 1 fully saturated rings. The van der Waals surface area contributed by atoms with E-state index >= 15 is 0 Å². The van der Waals surface area contributed by atoms with Crippen LogP contribution in [0.4, 0.5) is 0 Å². The maximum absolute atomic E-state index is 5.47.